The van der Waals surface area contributed by atoms with E-state index in [1.807, 2.05) is 44.2 Å². The first-order valence-corrected chi connectivity index (χ1v) is 10.6. The number of hydrogen-bond acceptors (Lipinski definition) is 5. The van der Waals surface area contributed by atoms with Crippen molar-refractivity contribution in [2.24, 2.45) is 0 Å². The Kier molecular flexibility index (Phi) is 6.10. The number of piperidine rings is 1. The van der Waals surface area contributed by atoms with Gasteiger partial charge in [-0.25, -0.2) is 4.79 Å². The first-order valence-electron chi connectivity index (χ1n) is 10.2. The molecule has 3 aromatic rings. The summed E-state index contributed by atoms with van der Waals surface area (Å²) in [4.78, 5) is 40.4. The van der Waals surface area contributed by atoms with Crippen LogP contribution in [0, 0.1) is 13.8 Å². The van der Waals surface area contributed by atoms with Gasteiger partial charge in [-0.3, -0.25) is 25.2 Å². The highest BCUT2D eigenvalue weighted by atomic mass is 35.5. The van der Waals surface area contributed by atoms with Crippen LogP contribution in [0.3, 0.4) is 0 Å². The van der Waals surface area contributed by atoms with Crippen LogP contribution in [0.4, 0.5) is 10.5 Å². The van der Waals surface area contributed by atoms with Crippen molar-refractivity contribution in [1.82, 2.24) is 10.3 Å². The number of rotatable bonds is 4. The van der Waals surface area contributed by atoms with E-state index in [2.05, 4.69) is 15.6 Å². The summed E-state index contributed by atoms with van der Waals surface area (Å²) in [5, 5.41) is 6.49. The van der Waals surface area contributed by atoms with Gasteiger partial charge < -0.3 is 4.74 Å². The fourth-order valence-corrected chi connectivity index (χ4v) is 3.91. The Morgan fingerprint density at radius 2 is 2.00 bits per heavy atom. The number of ether oxygens (including phenoxy) is 1. The van der Waals surface area contributed by atoms with E-state index in [1.54, 1.807) is 12.1 Å². The summed E-state index contributed by atoms with van der Waals surface area (Å²) in [7, 11) is 0. The van der Waals surface area contributed by atoms with Crippen LogP contribution in [0.5, 0.6) is 0 Å². The van der Waals surface area contributed by atoms with Crippen molar-refractivity contribution in [2.45, 2.75) is 39.2 Å². The molecule has 1 atom stereocenters. The number of nitrogens with one attached hydrogen (secondary N) is 2. The second-order valence-electron chi connectivity index (χ2n) is 7.86. The van der Waals surface area contributed by atoms with E-state index in [0.29, 0.717) is 23.6 Å². The fraction of sp³-hybridized carbons (Fsp3) is 0.250. The van der Waals surface area contributed by atoms with Gasteiger partial charge in [0.25, 0.3) is 0 Å². The predicted octanol–water partition coefficient (Wildman–Crippen LogP) is 4.77. The lowest BCUT2D eigenvalue weighted by atomic mass is 9.89. The van der Waals surface area contributed by atoms with E-state index in [0.717, 1.165) is 33.3 Å². The lowest BCUT2D eigenvalue weighted by Gasteiger charge is -2.22. The summed E-state index contributed by atoms with van der Waals surface area (Å²) >= 11 is 6.08. The van der Waals surface area contributed by atoms with E-state index in [-0.39, 0.29) is 24.3 Å². The number of imide groups is 1. The molecule has 1 aliphatic rings. The molecular weight excluding hydrogens is 430 g/mol. The number of nitrogens with zero attached hydrogens (tertiary/aromatic N) is 1. The molecule has 0 unspecified atom stereocenters. The van der Waals surface area contributed by atoms with E-state index in [1.165, 1.54) is 0 Å². The number of halogens is 1. The number of carbonyl (C=O) groups is 3. The molecule has 0 spiro atoms. The Labute approximate surface area is 190 Å². The molecule has 1 fully saturated rings. The number of fused-ring (bicyclic) bond motifs is 1. The fourth-order valence-electron chi connectivity index (χ4n) is 3.73. The third-order valence-electron chi connectivity index (χ3n) is 5.51. The van der Waals surface area contributed by atoms with Crippen LogP contribution in [0.2, 0.25) is 5.02 Å². The van der Waals surface area contributed by atoms with Gasteiger partial charge in [0.15, 0.2) is 0 Å². The molecule has 2 heterocycles. The van der Waals surface area contributed by atoms with Crippen LogP contribution < -0.4 is 10.6 Å². The SMILES string of the molecule is Cc1ccc(NC(=O)OCc2ccc3cc([C@@H]4CCC(=O)NC4=O)c(C)nc3c2)cc1Cl. The standard InChI is InChI=1S/C24H22ClN3O4/c1-13-3-6-17(11-20(13)25)27-24(31)32-12-15-4-5-16-10-19(14(2)26-21(16)9-15)18-7-8-22(29)28-23(18)30/h3-6,9-11,18H,7-8,12H2,1-2H3,(H,27,31)(H,28,29,30)/t18-/m0/s1. The Morgan fingerprint density at radius 1 is 1.19 bits per heavy atom. The number of hydrogen-bond donors (Lipinski definition) is 2. The van der Waals surface area contributed by atoms with Gasteiger partial charge in [-0.1, -0.05) is 29.8 Å². The van der Waals surface area contributed by atoms with Crippen molar-refractivity contribution in [3.8, 4) is 0 Å². The Hall–Kier alpha value is -3.45. The summed E-state index contributed by atoms with van der Waals surface area (Å²) in [6, 6.07) is 12.8. The van der Waals surface area contributed by atoms with Crippen molar-refractivity contribution in [3.05, 3.63) is 69.9 Å². The highest BCUT2D eigenvalue weighted by Gasteiger charge is 2.29. The van der Waals surface area contributed by atoms with Crippen molar-refractivity contribution in [2.75, 3.05) is 5.32 Å². The lowest BCUT2D eigenvalue weighted by molar-refractivity contribution is -0.134. The quantitative estimate of drug-likeness (QED) is 0.556. The third kappa shape index (κ3) is 4.73. The van der Waals surface area contributed by atoms with Gasteiger partial charge in [-0.15, -0.1) is 0 Å². The zero-order valence-corrected chi connectivity index (χ0v) is 18.5. The maximum atomic E-state index is 12.2. The number of pyridine rings is 1. The zero-order valence-electron chi connectivity index (χ0n) is 17.7. The van der Waals surface area contributed by atoms with Gasteiger partial charge in [0, 0.05) is 28.2 Å². The number of aromatic nitrogens is 1. The van der Waals surface area contributed by atoms with Gasteiger partial charge in [0.2, 0.25) is 11.8 Å². The van der Waals surface area contributed by atoms with Crippen molar-refractivity contribution in [1.29, 1.82) is 0 Å². The van der Waals surface area contributed by atoms with E-state index in [4.69, 9.17) is 16.3 Å². The van der Waals surface area contributed by atoms with Crippen LogP contribution in [0.1, 0.15) is 41.1 Å². The highest BCUT2D eigenvalue weighted by molar-refractivity contribution is 6.31. The van der Waals surface area contributed by atoms with Gasteiger partial charge in [-0.2, -0.15) is 0 Å². The normalized spacial score (nSPS) is 16.0. The van der Waals surface area contributed by atoms with Crippen molar-refractivity contribution >= 4 is 46.1 Å². The molecule has 1 aromatic heterocycles. The Morgan fingerprint density at radius 3 is 2.75 bits per heavy atom. The minimum absolute atomic E-state index is 0.0803. The largest absolute Gasteiger partial charge is 0.444 e. The van der Waals surface area contributed by atoms with Gasteiger partial charge in [0.05, 0.1) is 11.4 Å². The van der Waals surface area contributed by atoms with Crippen LogP contribution in [-0.2, 0) is 20.9 Å². The summed E-state index contributed by atoms with van der Waals surface area (Å²) in [5.74, 6) is -0.903. The second kappa shape index (κ2) is 8.96. The Bertz CT molecular complexity index is 1240. The smallest absolute Gasteiger partial charge is 0.411 e. The average Bonchev–Trinajstić information content (AvgIpc) is 2.75. The predicted molar refractivity (Wildman–Crippen MR) is 122 cm³/mol. The molecule has 7 nitrogen and oxygen atoms in total. The maximum Gasteiger partial charge on any atom is 0.411 e. The maximum absolute atomic E-state index is 12.2. The van der Waals surface area contributed by atoms with Gasteiger partial charge in [-0.05, 0) is 61.2 Å². The summed E-state index contributed by atoms with van der Waals surface area (Å²) < 4.78 is 5.32. The van der Waals surface area contributed by atoms with Crippen LogP contribution in [0.15, 0.2) is 42.5 Å². The minimum Gasteiger partial charge on any atom is -0.444 e. The molecule has 0 bridgehead atoms. The molecule has 0 radical (unpaired) electrons. The van der Waals surface area contributed by atoms with Crippen LogP contribution in [0.25, 0.3) is 10.9 Å². The van der Waals surface area contributed by atoms with Gasteiger partial charge >= 0.3 is 6.09 Å². The summed E-state index contributed by atoms with van der Waals surface area (Å²) in [5.41, 5.74) is 4.56. The molecule has 3 amide bonds. The summed E-state index contributed by atoms with van der Waals surface area (Å²) in [6.07, 6.45) is 0.217. The van der Waals surface area contributed by atoms with E-state index < -0.39 is 6.09 Å². The van der Waals surface area contributed by atoms with Crippen molar-refractivity contribution in [3.63, 3.8) is 0 Å². The van der Waals surface area contributed by atoms with E-state index >= 15 is 0 Å². The first kappa shape index (κ1) is 21.8. The van der Waals surface area contributed by atoms with E-state index in [9.17, 15) is 14.4 Å². The minimum atomic E-state index is -0.581. The molecule has 1 saturated heterocycles. The number of anilines is 1. The van der Waals surface area contributed by atoms with Crippen molar-refractivity contribution < 1.29 is 19.1 Å². The second-order valence-corrected chi connectivity index (χ2v) is 8.27. The molecule has 32 heavy (non-hydrogen) atoms. The summed E-state index contributed by atoms with van der Waals surface area (Å²) in [6.45, 7) is 3.81. The number of carbonyl (C=O) groups excluding carboxylic acids is 3. The van der Waals surface area contributed by atoms with Gasteiger partial charge in [0.1, 0.15) is 6.61 Å². The monoisotopic (exact) mass is 451 g/mol. The lowest BCUT2D eigenvalue weighted by Crippen LogP contribution is -2.39. The highest BCUT2D eigenvalue weighted by Crippen LogP contribution is 2.29. The molecule has 0 aliphatic carbocycles. The molecular formula is C24H22ClN3O4. The molecule has 1 aliphatic heterocycles. The molecule has 4 rings (SSSR count). The zero-order chi connectivity index (χ0) is 22.8. The molecule has 2 aromatic carbocycles. The average molecular weight is 452 g/mol. The number of amides is 3. The van der Waals surface area contributed by atoms with Crippen LogP contribution in [-0.4, -0.2) is 22.9 Å². The first-order chi connectivity index (χ1) is 15.3. The molecule has 8 heteroatoms. The molecule has 164 valence electrons. The van der Waals surface area contributed by atoms with Crippen LogP contribution >= 0.6 is 11.6 Å². The number of aryl methyl sites for hydroxylation is 2. The molecule has 2 N–H and O–H groups in total. The topological polar surface area (TPSA) is 97.4 Å². The molecule has 0 saturated carbocycles. The Balaban J connectivity index is 1.45. The number of benzene rings is 2. The third-order valence-corrected chi connectivity index (χ3v) is 5.92.